The molecule has 14 heteroatoms. The van der Waals surface area contributed by atoms with E-state index >= 15 is 0 Å². The summed E-state index contributed by atoms with van der Waals surface area (Å²) in [7, 11) is -9.39. The molecule has 0 bridgehead atoms. The molecule has 1 atom stereocenters. The maximum absolute atomic E-state index is 11.3. The van der Waals surface area contributed by atoms with Crippen molar-refractivity contribution in [1.29, 1.82) is 0 Å². The average Bonchev–Trinajstić information content (AvgIpc) is 2.52. The summed E-state index contributed by atoms with van der Waals surface area (Å²) in [6.07, 6.45) is -0.535. The van der Waals surface area contributed by atoms with E-state index in [0.29, 0.717) is 46.2 Å². The van der Waals surface area contributed by atoms with Crippen molar-refractivity contribution in [3.05, 3.63) is 0 Å². The van der Waals surface area contributed by atoms with Gasteiger partial charge >= 0.3 is 15.4 Å². The fraction of sp³-hybridized carbons (Fsp3) is 1.00. The number of aliphatic hydroxyl groups is 1. The van der Waals surface area contributed by atoms with Crippen LogP contribution in [-0.4, -0.2) is 98.6 Å². The van der Waals surface area contributed by atoms with Crippen LogP contribution >= 0.6 is 15.4 Å². The Morgan fingerprint density at radius 3 is 1.27 bits per heavy atom. The molecule has 0 fully saturated rings. The van der Waals surface area contributed by atoms with Crippen molar-refractivity contribution in [2.75, 3.05) is 78.8 Å². The van der Waals surface area contributed by atoms with Crippen LogP contribution in [0, 0.1) is 0 Å². The van der Waals surface area contributed by atoms with Crippen LogP contribution < -0.4 is 0 Å². The number of phosphoric acid groups is 1. The molecule has 0 aromatic heterocycles. The minimum atomic E-state index is -5.01. The van der Waals surface area contributed by atoms with E-state index in [1.807, 2.05) is 0 Å². The largest absolute Gasteiger partial charge is 0.476 e. The van der Waals surface area contributed by atoms with Gasteiger partial charge in [0.2, 0.25) is 0 Å². The highest BCUT2D eigenvalue weighted by atomic mass is 31.3. The van der Waals surface area contributed by atoms with E-state index in [9.17, 15) is 9.13 Å². The van der Waals surface area contributed by atoms with E-state index in [-0.39, 0.29) is 26.4 Å². The number of hydrogen-bond acceptors (Lipinski definition) is 9. The first-order valence-electron chi connectivity index (χ1n) is 7.85. The molecule has 0 saturated carbocycles. The van der Waals surface area contributed by atoms with Crippen molar-refractivity contribution in [1.82, 2.24) is 0 Å². The third kappa shape index (κ3) is 20.4. The molecular weight excluding hydrogens is 398 g/mol. The van der Waals surface area contributed by atoms with Crippen molar-refractivity contribution >= 4 is 15.4 Å². The van der Waals surface area contributed by atoms with Gasteiger partial charge in [-0.25, -0.2) is 8.88 Å². The molecule has 0 spiro atoms. The van der Waals surface area contributed by atoms with Gasteiger partial charge in [-0.05, 0) is 0 Å². The Kier molecular flexibility index (Phi) is 16.1. The molecule has 0 aliphatic rings. The molecular formula is C12H28O12P2. The van der Waals surface area contributed by atoms with Crippen LogP contribution in [0.4, 0.5) is 0 Å². The van der Waals surface area contributed by atoms with Crippen molar-refractivity contribution in [2.24, 2.45) is 0 Å². The van der Waals surface area contributed by atoms with E-state index in [1.54, 1.807) is 0 Å². The van der Waals surface area contributed by atoms with Crippen LogP contribution in [0.25, 0.3) is 0 Å². The Labute approximate surface area is 152 Å². The van der Waals surface area contributed by atoms with Crippen LogP contribution in [0.3, 0.4) is 0 Å². The number of hydrogen-bond donors (Lipinski definition) is 4. The third-order valence-corrected chi connectivity index (χ3v) is 5.10. The van der Waals surface area contributed by atoms with Crippen LogP contribution in [0.15, 0.2) is 0 Å². The van der Waals surface area contributed by atoms with Gasteiger partial charge in [-0.1, -0.05) is 0 Å². The van der Waals surface area contributed by atoms with E-state index in [0.717, 1.165) is 0 Å². The lowest BCUT2D eigenvalue weighted by atomic mass is 10.7. The summed E-state index contributed by atoms with van der Waals surface area (Å²) in [4.78, 5) is 26.1. The minimum Gasteiger partial charge on any atom is -0.394 e. The number of ether oxygens (including phenoxy) is 5. The molecule has 1 unspecified atom stereocenters. The zero-order chi connectivity index (χ0) is 19.7. The molecule has 0 heterocycles. The lowest BCUT2D eigenvalue weighted by Crippen LogP contribution is -2.14. The van der Waals surface area contributed by atoms with Gasteiger partial charge in [-0.3, -0.25) is 4.57 Å². The standard InChI is InChI=1S/C12H28O12P2/c13-1-2-19-3-4-20-5-6-21-7-8-22-9-10-23-11-12-25(14,15)24-26(16,17)18/h13H,1-12H2,(H,14,15)(H2,16,17,18). The van der Waals surface area contributed by atoms with Gasteiger partial charge in [-0.2, -0.15) is 0 Å². The predicted molar refractivity (Wildman–Crippen MR) is 89.0 cm³/mol. The molecule has 0 aliphatic carbocycles. The van der Waals surface area contributed by atoms with Crippen LogP contribution in [0.2, 0.25) is 0 Å². The van der Waals surface area contributed by atoms with Crippen molar-refractivity contribution < 1.29 is 56.9 Å². The minimum absolute atomic E-state index is 0.0125. The molecule has 0 rings (SSSR count). The Bertz CT molecular complexity index is 415. The molecule has 12 nitrogen and oxygen atoms in total. The van der Waals surface area contributed by atoms with Crippen molar-refractivity contribution in [2.45, 2.75) is 0 Å². The average molecular weight is 426 g/mol. The highest BCUT2D eigenvalue weighted by Gasteiger charge is 2.30. The summed E-state index contributed by atoms with van der Waals surface area (Å²) in [5.41, 5.74) is 0. The van der Waals surface area contributed by atoms with E-state index in [2.05, 4.69) is 4.31 Å². The van der Waals surface area contributed by atoms with Crippen LogP contribution in [-0.2, 0) is 37.1 Å². The molecule has 0 aromatic rings. The van der Waals surface area contributed by atoms with Gasteiger partial charge in [0, 0.05) is 0 Å². The Morgan fingerprint density at radius 2 is 0.923 bits per heavy atom. The Hall–Kier alpha value is 0.0600. The van der Waals surface area contributed by atoms with Gasteiger partial charge in [0.25, 0.3) is 0 Å². The van der Waals surface area contributed by atoms with Crippen molar-refractivity contribution in [3.8, 4) is 0 Å². The predicted octanol–water partition coefficient (Wildman–Crippen LogP) is -0.644. The van der Waals surface area contributed by atoms with E-state index in [1.165, 1.54) is 0 Å². The summed E-state index contributed by atoms with van der Waals surface area (Å²) in [5.74, 6) is 0. The fourth-order valence-corrected chi connectivity index (χ4v) is 3.45. The molecule has 0 saturated heterocycles. The van der Waals surface area contributed by atoms with E-state index < -0.39 is 21.6 Å². The first-order valence-corrected chi connectivity index (χ1v) is 11.1. The SMILES string of the molecule is O=P(O)(O)OP(=O)(O)CCOCCOCCOCCOCCOCCO. The zero-order valence-electron chi connectivity index (χ0n) is 14.4. The number of rotatable bonds is 19. The third-order valence-electron chi connectivity index (χ3n) is 2.48. The lowest BCUT2D eigenvalue weighted by molar-refractivity contribution is -0.0125. The highest BCUT2D eigenvalue weighted by molar-refractivity contribution is 7.63. The van der Waals surface area contributed by atoms with Gasteiger partial charge < -0.3 is 43.5 Å². The van der Waals surface area contributed by atoms with Crippen molar-refractivity contribution in [3.63, 3.8) is 0 Å². The van der Waals surface area contributed by atoms with Gasteiger partial charge in [0.15, 0.2) is 0 Å². The first-order chi connectivity index (χ1) is 12.3. The Balaban J connectivity index is 3.27. The fourth-order valence-electron chi connectivity index (χ4n) is 1.43. The van der Waals surface area contributed by atoms with E-state index in [4.69, 9.17) is 43.5 Å². The number of aliphatic hydroxyl groups excluding tert-OH is 1. The smallest absolute Gasteiger partial charge is 0.394 e. The second-order valence-electron chi connectivity index (χ2n) is 4.72. The van der Waals surface area contributed by atoms with Crippen LogP contribution in [0.5, 0.6) is 0 Å². The monoisotopic (exact) mass is 426 g/mol. The molecule has 26 heavy (non-hydrogen) atoms. The molecule has 158 valence electrons. The molecule has 0 aromatic carbocycles. The molecule has 0 aliphatic heterocycles. The van der Waals surface area contributed by atoms with Crippen LogP contribution in [0.1, 0.15) is 0 Å². The maximum atomic E-state index is 11.3. The highest BCUT2D eigenvalue weighted by Crippen LogP contribution is 2.56. The topological polar surface area (TPSA) is 170 Å². The summed E-state index contributed by atoms with van der Waals surface area (Å²) >= 11 is 0. The summed E-state index contributed by atoms with van der Waals surface area (Å²) in [6.45, 7) is 2.83. The first kappa shape index (κ1) is 26.1. The lowest BCUT2D eigenvalue weighted by Gasteiger charge is -2.12. The normalized spacial score (nSPS) is 14.5. The maximum Gasteiger partial charge on any atom is 0.476 e. The molecule has 4 N–H and O–H groups in total. The Morgan fingerprint density at radius 1 is 0.577 bits per heavy atom. The van der Waals surface area contributed by atoms with Gasteiger partial charge in [-0.15, -0.1) is 0 Å². The quantitative estimate of drug-likeness (QED) is 0.152. The second kappa shape index (κ2) is 16.1. The van der Waals surface area contributed by atoms with Gasteiger partial charge in [0.1, 0.15) is 0 Å². The summed E-state index contributed by atoms with van der Waals surface area (Å²) in [5, 5.41) is 8.48. The summed E-state index contributed by atoms with van der Waals surface area (Å²) in [6, 6.07) is 0. The molecule has 0 radical (unpaired) electrons. The molecule has 0 amide bonds. The van der Waals surface area contributed by atoms with Gasteiger partial charge in [0.05, 0.1) is 78.8 Å². The second-order valence-corrected chi connectivity index (χ2v) is 8.08. The zero-order valence-corrected chi connectivity index (χ0v) is 16.2. The summed E-state index contributed by atoms with van der Waals surface area (Å²) < 4.78 is 51.2.